The number of halogens is 1. The highest BCUT2D eigenvalue weighted by molar-refractivity contribution is 6.34. The molecule has 6 nitrogen and oxygen atoms in total. The average Bonchev–Trinajstić information content (AvgIpc) is 3.18. The molecule has 0 saturated heterocycles. The van der Waals surface area contributed by atoms with Crippen LogP contribution >= 0.6 is 11.6 Å². The summed E-state index contributed by atoms with van der Waals surface area (Å²) in [5.74, 6) is 1.67. The molecule has 0 atom stereocenters. The van der Waals surface area contributed by atoms with Crippen LogP contribution in [0, 0.1) is 0 Å². The van der Waals surface area contributed by atoms with E-state index in [1.165, 1.54) is 14.2 Å². The van der Waals surface area contributed by atoms with Gasteiger partial charge in [0.05, 0.1) is 24.9 Å². The molecule has 7 heteroatoms. The number of furan rings is 1. The fourth-order valence-corrected chi connectivity index (χ4v) is 2.73. The summed E-state index contributed by atoms with van der Waals surface area (Å²) >= 11 is 6.22. The van der Waals surface area contributed by atoms with E-state index in [-0.39, 0.29) is 12.5 Å². The number of carbonyl (C=O) groups excluding carboxylic acids is 1. The third kappa shape index (κ3) is 4.07. The molecule has 140 valence electrons. The van der Waals surface area contributed by atoms with Crippen LogP contribution in [0.4, 0.5) is 5.69 Å². The second kappa shape index (κ2) is 8.16. The van der Waals surface area contributed by atoms with Gasteiger partial charge in [-0.3, -0.25) is 4.79 Å². The van der Waals surface area contributed by atoms with Crippen molar-refractivity contribution in [3.8, 4) is 22.8 Å². The Bertz CT molecular complexity index is 967. The first-order valence-electron chi connectivity index (χ1n) is 8.08. The highest BCUT2D eigenvalue weighted by Crippen LogP contribution is 2.31. The molecule has 0 radical (unpaired) electrons. The van der Waals surface area contributed by atoms with Crippen LogP contribution in [0.3, 0.4) is 0 Å². The van der Waals surface area contributed by atoms with E-state index in [9.17, 15) is 4.79 Å². The van der Waals surface area contributed by atoms with Crippen LogP contribution in [-0.2, 0) is 6.61 Å². The van der Waals surface area contributed by atoms with Crippen molar-refractivity contribution in [2.45, 2.75) is 6.61 Å². The maximum absolute atomic E-state index is 12.6. The number of aliphatic hydroxyl groups excluding tert-OH is 1. The minimum Gasteiger partial charge on any atom is -0.493 e. The molecule has 0 bridgehead atoms. The van der Waals surface area contributed by atoms with Crippen molar-refractivity contribution in [2.75, 3.05) is 19.5 Å². The van der Waals surface area contributed by atoms with Gasteiger partial charge in [0.1, 0.15) is 18.1 Å². The molecule has 0 aliphatic carbocycles. The van der Waals surface area contributed by atoms with Gasteiger partial charge in [0, 0.05) is 11.1 Å². The number of rotatable bonds is 6. The smallest absolute Gasteiger partial charge is 0.255 e. The molecule has 0 spiro atoms. The minimum atomic E-state index is -0.342. The molecule has 3 aromatic rings. The molecule has 0 aliphatic rings. The lowest BCUT2D eigenvalue weighted by Crippen LogP contribution is -2.12. The number of benzene rings is 2. The van der Waals surface area contributed by atoms with Crippen molar-refractivity contribution in [3.63, 3.8) is 0 Å². The molecular weight excluding hydrogens is 370 g/mol. The van der Waals surface area contributed by atoms with E-state index in [4.69, 9.17) is 30.6 Å². The second-order valence-electron chi connectivity index (χ2n) is 5.64. The van der Waals surface area contributed by atoms with Crippen LogP contribution in [0.2, 0.25) is 5.02 Å². The number of aliphatic hydroxyl groups is 1. The Hall–Kier alpha value is -2.96. The third-order valence-electron chi connectivity index (χ3n) is 3.96. The van der Waals surface area contributed by atoms with Gasteiger partial charge in [0.15, 0.2) is 11.5 Å². The lowest BCUT2D eigenvalue weighted by atomic mass is 10.1. The normalized spacial score (nSPS) is 10.5. The largest absolute Gasteiger partial charge is 0.493 e. The standard InChI is InChI=1S/C20H18ClNO5/c1-25-18-7-4-13(10-19(18)26-2)20(24)22-16-9-12(3-6-15(16)21)17-8-5-14(11-23)27-17/h3-10,23H,11H2,1-2H3,(H,22,24). The first-order chi connectivity index (χ1) is 13.0. The Morgan fingerprint density at radius 3 is 2.52 bits per heavy atom. The van der Waals surface area contributed by atoms with Gasteiger partial charge < -0.3 is 24.3 Å². The molecule has 0 saturated carbocycles. The molecular formula is C20H18ClNO5. The van der Waals surface area contributed by atoms with E-state index in [0.717, 1.165) is 5.56 Å². The molecule has 2 N–H and O–H groups in total. The Morgan fingerprint density at radius 1 is 1.07 bits per heavy atom. The summed E-state index contributed by atoms with van der Waals surface area (Å²) in [5, 5.41) is 12.3. The highest BCUT2D eigenvalue weighted by Gasteiger charge is 2.14. The van der Waals surface area contributed by atoms with Gasteiger partial charge in [-0.25, -0.2) is 0 Å². The monoisotopic (exact) mass is 387 g/mol. The number of methoxy groups -OCH3 is 2. The van der Waals surface area contributed by atoms with E-state index in [2.05, 4.69) is 5.32 Å². The molecule has 1 aromatic heterocycles. The summed E-state index contributed by atoms with van der Waals surface area (Å²) in [5.41, 5.74) is 1.56. The fourth-order valence-electron chi connectivity index (χ4n) is 2.56. The first-order valence-corrected chi connectivity index (χ1v) is 8.46. The molecule has 2 aromatic carbocycles. The number of amides is 1. The molecule has 0 unspecified atom stereocenters. The molecule has 27 heavy (non-hydrogen) atoms. The van der Waals surface area contributed by atoms with Gasteiger partial charge in [-0.2, -0.15) is 0 Å². The Kier molecular flexibility index (Phi) is 5.69. The summed E-state index contributed by atoms with van der Waals surface area (Å²) in [4.78, 5) is 12.6. The van der Waals surface area contributed by atoms with Crippen molar-refractivity contribution in [2.24, 2.45) is 0 Å². The average molecular weight is 388 g/mol. The quantitative estimate of drug-likeness (QED) is 0.656. The fraction of sp³-hybridized carbons (Fsp3) is 0.150. The van der Waals surface area contributed by atoms with Crippen molar-refractivity contribution < 1.29 is 23.8 Å². The highest BCUT2D eigenvalue weighted by atomic mass is 35.5. The zero-order chi connectivity index (χ0) is 19.4. The van der Waals surface area contributed by atoms with Crippen LogP contribution in [-0.4, -0.2) is 25.2 Å². The van der Waals surface area contributed by atoms with E-state index in [0.29, 0.717) is 39.3 Å². The van der Waals surface area contributed by atoms with Crippen LogP contribution in [0.15, 0.2) is 52.9 Å². The number of hydrogen-bond acceptors (Lipinski definition) is 5. The zero-order valence-corrected chi connectivity index (χ0v) is 15.5. The van der Waals surface area contributed by atoms with Gasteiger partial charge in [0.2, 0.25) is 0 Å². The van der Waals surface area contributed by atoms with E-state index >= 15 is 0 Å². The van der Waals surface area contributed by atoms with Crippen molar-refractivity contribution in [1.29, 1.82) is 0 Å². The van der Waals surface area contributed by atoms with Crippen molar-refractivity contribution in [3.05, 3.63) is 64.9 Å². The molecule has 3 rings (SSSR count). The first kappa shape index (κ1) is 18.8. The van der Waals surface area contributed by atoms with Crippen LogP contribution in [0.5, 0.6) is 11.5 Å². The lowest BCUT2D eigenvalue weighted by molar-refractivity contribution is 0.102. The maximum atomic E-state index is 12.6. The van der Waals surface area contributed by atoms with E-state index in [1.54, 1.807) is 48.5 Å². The molecule has 0 fully saturated rings. The third-order valence-corrected chi connectivity index (χ3v) is 4.29. The summed E-state index contributed by atoms with van der Waals surface area (Å²) in [6, 6.07) is 13.5. The Morgan fingerprint density at radius 2 is 1.85 bits per heavy atom. The van der Waals surface area contributed by atoms with Gasteiger partial charge in [0.25, 0.3) is 5.91 Å². The predicted molar refractivity (Wildman–Crippen MR) is 103 cm³/mol. The van der Waals surface area contributed by atoms with Gasteiger partial charge in [-0.15, -0.1) is 0 Å². The molecule has 0 aliphatic heterocycles. The second-order valence-corrected chi connectivity index (χ2v) is 6.05. The maximum Gasteiger partial charge on any atom is 0.255 e. The summed E-state index contributed by atoms with van der Waals surface area (Å²) < 4.78 is 15.9. The Labute approximate surface area is 161 Å². The lowest BCUT2D eigenvalue weighted by Gasteiger charge is -2.11. The number of nitrogens with one attached hydrogen (secondary N) is 1. The van der Waals surface area contributed by atoms with Gasteiger partial charge in [-0.05, 0) is 48.5 Å². The van der Waals surface area contributed by atoms with E-state index < -0.39 is 0 Å². The summed E-state index contributed by atoms with van der Waals surface area (Å²) in [6.07, 6.45) is 0. The van der Waals surface area contributed by atoms with Crippen molar-refractivity contribution in [1.82, 2.24) is 0 Å². The van der Waals surface area contributed by atoms with E-state index in [1.807, 2.05) is 0 Å². The number of carbonyl (C=O) groups is 1. The van der Waals surface area contributed by atoms with Crippen LogP contribution in [0.25, 0.3) is 11.3 Å². The zero-order valence-electron chi connectivity index (χ0n) is 14.8. The number of anilines is 1. The SMILES string of the molecule is COc1ccc(C(=O)Nc2cc(-c3ccc(CO)o3)ccc2Cl)cc1OC. The van der Waals surface area contributed by atoms with Gasteiger partial charge >= 0.3 is 0 Å². The molecule has 1 amide bonds. The van der Waals surface area contributed by atoms with Crippen LogP contribution in [0.1, 0.15) is 16.1 Å². The minimum absolute atomic E-state index is 0.184. The summed E-state index contributed by atoms with van der Waals surface area (Å²) in [6.45, 7) is -0.184. The van der Waals surface area contributed by atoms with Crippen molar-refractivity contribution >= 4 is 23.2 Å². The van der Waals surface area contributed by atoms with Gasteiger partial charge in [-0.1, -0.05) is 11.6 Å². The Balaban J connectivity index is 1.86. The number of hydrogen-bond donors (Lipinski definition) is 2. The predicted octanol–water partition coefficient (Wildman–Crippen LogP) is 4.36. The topological polar surface area (TPSA) is 80.9 Å². The summed E-state index contributed by atoms with van der Waals surface area (Å²) in [7, 11) is 3.03. The molecule has 1 heterocycles. The van der Waals surface area contributed by atoms with Crippen LogP contribution < -0.4 is 14.8 Å². The number of ether oxygens (including phenoxy) is 2.